The molecule has 0 saturated heterocycles. The normalized spacial score (nSPS) is 11.2. The van der Waals surface area contributed by atoms with Crippen molar-refractivity contribution in [3.63, 3.8) is 0 Å². The zero-order valence-corrected chi connectivity index (χ0v) is 14.1. The van der Waals surface area contributed by atoms with Crippen LogP contribution in [0, 0.1) is 5.92 Å². The van der Waals surface area contributed by atoms with Crippen molar-refractivity contribution in [1.29, 1.82) is 0 Å². The number of anilines is 2. The molecule has 0 bridgehead atoms. The molecule has 0 saturated carbocycles. The topological polar surface area (TPSA) is 67.4 Å². The van der Waals surface area contributed by atoms with E-state index in [1.165, 1.54) is 24.3 Å². The number of alkyl halides is 3. The van der Waals surface area contributed by atoms with Crippen LogP contribution in [0.4, 0.5) is 24.5 Å². The van der Waals surface area contributed by atoms with Gasteiger partial charge in [0.05, 0.1) is 0 Å². The fourth-order valence-corrected chi connectivity index (χ4v) is 1.93. The van der Waals surface area contributed by atoms with Gasteiger partial charge < -0.3 is 15.4 Å². The van der Waals surface area contributed by atoms with Crippen LogP contribution in [0.3, 0.4) is 0 Å². The lowest BCUT2D eigenvalue weighted by Crippen LogP contribution is -2.18. The van der Waals surface area contributed by atoms with Crippen molar-refractivity contribution < 1.29 is 27.5 Å². The fraction of sp³-hybridized carbons (Fsp3) is 0.222. The lowest BCUT2D eigenvalue weighted by Gasteiger charge is -2.10. The van der Waals surface area contributed by atoms with Crippen molar-refractivity contribution >= 4 is 23.2 Å². The molecule has 5 nitrogen and oxygen atoms in total. The van der Waals surface area contributed by atoms with Crippen LogP contribution in [0.15, 0.2) is 48.5 Å². The Morgan fingerprint density at radius 1 is 0.885 bits per heavy atom. The standard InChI is InChI=1S/C18H17F3N2O3/c1-11(2)16(24)22-13-5-3-12(4-6-13)17(25)23-14-7-9-15(10-8-14)26-18(19,20)21/h3-11H,1-2H3,(H,22,24)(H,23,25). The Morgan fingerprint density at radius 3 is 1.88 bits per heavy atom. The number of rotatable bonds is 5. The second-order valence-corrected chi connectivity index (χ2v) is 5.75. The number of ether oxygens (including phenoxy) is 1. The van der Waals surface area contributed by atoms with Gasteiger partial charge in [-0.1, -0.05) is 13.8 Å². The molecule has 0 aliphatic rings. The smallest absolute Gasteiger partial charge is 0.406 e. The first-order chi connectivity index (χ1) is 12.1. The largest absolute Gasteiger partial charge is 0.573 e. The van der Waals surface area contributed by atoms with Gasteiger partial charge in [-0.05, 0) is 48.5 Å². The molecule has 0 spiro atoms. The number of hydrogen-bond acceptors (Lipinski definition) is 3. The summed E-state index contributed by atoms with van der Waals surface area (Å²) in [5.41, 5.74) is 1.22. The highest BCUT2D eigenvalue weighted by molar-refractivity contribution is 6.04. The van der Waals surface area contributed by atoms with Crippen LogP contribution in [0.25, 0.3) is 0 Å². The molecule has 0 unspecified atom stereocenters. The van der Waals surface area contributed by atoms with Crippen molar-refractivity contribution in [2.75, 3.05) is 10.6 Å². The van der Waals surface area contributed by atoms with Crippen LogP contribution in [0.2, 0.25) is 0 Å². The van der Waals surface area contributed by atoms with E-state index in [1.54, 1.807) is 26.0 Å². The fourth-order valence-electron chi connectivity index (χ4n) is 1.93. The van der Waals surface area contributed by atoms with E-state index >= 15 is 0 Å². The predicted octanol–water partition coefficient (Wildman–Crippen LogP) is 4.43. The van der Waals surface area contributed by atoms with Crippen LogP contribution < -0.4 is 15.4 Å². The number of halogens is 3. The molecule has 2 N–H and O–H groups in total. The lowest BCUT2D eigenvalue weighted by atomic mass is 10.1. The molecule has 0 aromatic heterocycles. The first kappa shape index (κ1) is 19.3. The average molecular weight is 366 g/mol. The van der Waals surface area contributed by atoms with Crippen LogP contribution in [-0.2, 0) is 4.79 Å². The Hall–Kier alpha value is -3.03. The molecule has 0 fully saturated rings. The van der Waals surface area contributed by atoms with E-state index < -0.39 is 12.3 Å². The maximum Gasteiger partial charge on any atom is 0.573 e. The summed E-state index contributed by atoms with van der Waals surface area (Å²) in [6.45, 7) is 3.53. The Morgan fingerprint density at radius 2 is 1.38 bits per heavy atom. The van der Waals surface area contributed by atoms with Crippen molar-refractivity contribution in [2.24, 2.45) is 5.92 Å². The molecular weight excluding hydrogens is 349 g/mol. The summed E-state index contributed by atoms with van der Waals surface area (Å²) in [4.78, 5) is 23.8. The number of amides is 2. The van der Waals surface area contributed by atoms with Gasteiger partial charge in [0, 0.05) is 22.9 Å². The van der Waals surface area contributed by atoms with Crippen LogP contribution in [-0.4, -0.2) is 18.2 Å². The number of carbonyl (C=O) groups excluding carboxylic acids is 2. The first-order valence-corrected chi connectivity index (χ1v) is 7.72. The Balaban J connectivity index is 1.98. The van der Waals surface area contributed by atoms with Gasteiger partial charge in [0.1, 0.15) is 5.75 Å². The molecular formula is C18H17F3N2O3. The second kappa shape index (κ2) is 7.90. The van der Waals surface area contributed by atoms with Crippen molar-refractivity contribution in [3.8, 4) is 5.75 Å². The molecule has 26 heavy (non-hydrogen) atoms. The van der Waals surface area contributed by atoms with E-state index in [0.717, 1.165) is 12.1 Å². The molecule has 2 amide bonds. The molecule has 2 aromatic rings. The Labute approximate surface area is 148 Å². The van der Waals surface area contributed by atoms with Crippen LogP contribution >= 0.6 is 0 Å². The van der Waals surface area contributed by atoms with Crippen molar-refractivity contribution in [3.05, 3.63) is 54.1 Å². The highest BCUT2D eigenvalue weighted by Crippen LogP contribution is 2.24. The summed E-state index contributed by atoms with van der Waals surface area (Å²) in [5.74, 6) is -1.11. The first-order valence-electron chi connectivity index (χ1n) is 7.72. The third kappa shape index (κ3) is 5.80. The van der Waals surface area contributed by atoms with Gasteiger partial charge >= 0.3 is 6.36 Å². The Kier molecular flexibility index (Phi) is 5.86. The molecule has 8 heteroatoms. The van der Waals surface area contributed by atoms with Crippen LogP contribution in [0.1, 0.15) is 24.2 Å². The third-order valence-electron chi connectivity index (χ3n) is 3.28. The molecule has 0 radical (unpaired) electrons. The minimum atomic E-state index is -4.77. The quantitative estimate of drug-likeness (QED) is 0.823. The van der Waals surface area contributed by atoms with Gasteiger partial charge in [-0.25, -0.2) is 0 Å². The summed E-state index contributed by atoms with van der Waals surface area (Å²) >= 11 is 0. The lowest BCUT2D eigenvalue weighted by molar-refractivity contribution is -0.274. The minimum Gasteiger partial charge on any atom is -0.406 e. The van der Waals surface area contributed by atoms with E-state index in [1.807, 2.05) is 0 Å². The maximum absolute atomic E-state index is 12.2. The van der Waals surface area contributed by atoms with Gasteiger partial charge in [0.25, 0.3) is 5.91 Å². The van der Waals surface area contributed by atoms with Crippen molar-refractivity contribution in [1.82, 2.24) is 0 Å². The molecule has 2 rings (SSSR count). The van der Waals surface area contributed by atoms with E-state index in [9.17, 15) is 22.8 Å². The second-order valence-electron chi connectivity index (χ2n) is 5.75. The zero-order chi connectivity index (χ0) is 19.3. The van der Waals surface area contributed by atoms with Crippen molar-refractivity contribution in [2.45, 2.75) is 20.2 Å². The summed E-state index contributed by atoms with van der Waals surface area (Å²) in [6.07, 6.45) is -4.77. The summed E-state index contributed by atoms with van der Waals surface area (Å²) < 4.78 is 40.1. The van der Waals surface area contributed by atoms with Crippen LogP contribution in [0.5, 0.6) is 5.75 Å². The van der Waals surface area contributed by atoms with Gasteiger partial charge in [-0.3, -0.25) is 9.59 Å². The van der Waals surface area contributed by atoms with E-state index in [-0.39, 0.29) is 17.6 Å². The van der Waals surface area contributed by atoms with E-state index in [4.69, 9.17) is 0 Å². The summed E-state index contributed by atoms with van der Waals surface area (Å²) in [7, 11) is 0. The molecule has 0 heterocycles. The highest BCUT2D eigenvalue weighted by Gasteiger charge is 2.30. The molecule has 138 valence electrons. The van der Waals surface area contributed by atoms with Gasteiger partial charge in [-0.2, -0.15) is 0 Å². The SMILES string of the molecule is CC(C)C(=O)Nc1ccc(C(=O)Nc2ccc(OC(F)(F)F)cc2)cc1. The monoisotopic (exact) mass is 366 g/mol. The average Bonchev–Trinajstić information content (AvgIpc) is 2.56. The summed E-state index contributed by atoms with van der Waals surface area (Å²) in [5, 5.41) is 5.27. The maximum atomic E-state index is 12.2. The Bertz CT molecular complexity index is 770. The molecule has 0 aliphatic carbocycles. The highest BCUT2D eigenvalue weighted by atomic mass is 19.4. The summed E-state index contributed by atoms with van der Waals surface area (Å²) in [6, 6.07) is 11.1. The van der Waals surface area contributed by atoms with E-state index in [2.05, 4.69) is 15.4 Å². The number of benzene rings is 2. The van der Waals surface area contributed by atoms with Gasteiger partial charge in [0.2, 0.25) is 5.91 Å². The van der Waals surface area contributed by atoms with Gasteiger partial charge in [-0.15, -0.1) is 13.2 Å². The number of nitrogens with one attached hydrogen (secondary N) is 2. The number of hydrogen-bond donors (Lipinski definition) is 2. The van der Waals surface area contributed by atoms with E-state index in [0.29, 0.717) is 16.9 Å². The predicted molar refractivity (Wildman–Crippen MR) is 91.0 cm³/mol. The molecule has 0 atom stereocenters. The minimum absolute atomic E-state index is 0.136. The number of carbonyl (C=O) groups is 2. The third-order valence-corrected chi connectivity index (χ3v) is 3.28. The molecule has 2 aromatic carbocycles. The van der Waals surface area contributed by atoms with Gasteiger partial charge in [0.15, 0.2) is 0 Å². The molecule has 0 aliphatic heterocycles. The zero-order valence-electron chi connectivity index (χ0n) is 14.1.